The van der Waals surface area contributed by atoms with Gasteiger partial charge in [-0.05, 0) is 29.8 Å². The van der Waals surface area contributed by atoms with Gasteiger partial charge in [-0.25, -0.2) is 0 Å². The number of rotatable bonds is 6. The molecule has 2 heterocycles. The van der Waals surface area contributed by atoms with Crippen LogP contribution in [-0.4, -0.2) is 32.3 Å². The molecule has 1 N–H and O–H groups in total. The van der Waals surface area contributed by atoms with Crippen molar-refractivity contribution in [3.05, 3.63) is 64.9 Å². The van der Waals surface area contributed by atoms with Gasteiger partial charge in [0.1, 0.15) is 17.1 Å². The number of benzene rings is 2. The van der Waals surface area contributed by atoms with Crippen molar-refractivity contribution in [2.75, 3.05) is 6.61 Å². The number of nitrogens with one attached hydrogen (secondary N) is 1. The number of nitrogens with zero attached hydrogens (tertiary/aromatic N) is 4. The Balaban J connectivity index is 1.29. The Morgan fingerprint density at radius 1 is 1.15 bits per heavy atom. The SMILES string of the molecule is O=C(COc1ccc(Br)cc1)NCc1ccc(-c2nn3cnnc3s2)cc1. The summed E-state index contributed by atoms with van der Waals surface area (Å²) in [5, 5.41) is 15.9. The minimum absolute atomic E-state index is 0.0212. The molecule has 4 rings (SSSR count). The first-order chi connectivity index (χ1) is 13.2. The summed E-state index contributed by atoms with van der Waals surface area (Å²) in [7, 11) is 0. The first-order valence-electron chi connectivity index (χ1n) is 8.08. The normalized spacial score (nSPS) is 10.9. The average Bonchev–Trinajstić information content (AvgIpc) is 3.28. The van der Waals surface area contributed by atoms with Gasteiger partial charge in [-0.1, -0.05) is 51.5 Å². The Bertz CT molecular complexity index is 1030. The summed E-state index contributed by atoms with van der Waals surface area (Å²) in [6.07, 6.45) is 1.58. The van der Waals surface area contributed by atoms with Crippen LogP contribution in [0.1, 0.15) is 5.56 Å². The number of amides is 1. The fourth-order valence-electron chi connectivity index (χ4n) is 2.37. The van der Waals surface area contributed by atoms with Gasteiger partial charge < -0.3 is 10.1 Å². The lowest BCUT2D eigenvalue weighted by atomic mass is 10.1. The van der Waals surface area contributed by atoms with E-state index in [0.717, 1.165) is 25.6 Å². The Morgan fingerprint density at radius 2 is 1.93 bits per heavy atom. The van der Waals surface area contributed by atoms with Crippen LogP contribution in [0.2, 0.25) is 0 Å². The van der Waals surface area contributed by atoms with Gasteiger partial charge in [0, 0.05) is 16.6 Å². The Hall–Kier alpha value is -2.78. The van der Waals surface area contributed by atoms with Crippen molar-refractivity contribution in [1.29, 1.82) is 0 Å². The zero-order chi connectivity index (χ0) is 18.6. The van der Waals surface area contributed by atoms with Crippen LogP contribution in [0.5, 0.6) is 5.75 Å². The molecule has 7 nitrogen and oxygen atoms in total. The molecular weight excluding hydrogens is 430 g/mol. The van der Waals surface area contributed by atoms with Gasteiger partial charge >= 0.3 is 0 Å². The molecule has 0 atom stereocenters. The highest BCUT2D eigenvalue weighted by Gasteiger charge is 2.08. The average molecular weight is 444 g/mol. The van der Waals surface area contributed by atoms with Crippen molar-refractivity contribution >= 4 is 38.1 Å². The van der Waals surface area contributed by atoms with E-state index < -0.39 is 0 Å². The predicted molar refractivity (Wildman–Crippen MR) is 106 cm³/mol. The molecule has 0 saturated carbocycles. The quantitative estimate of drug-likeness (QED) is 0.494. The molecular formula is C18H14BrN5O2S. The second kappa shape index (κ2) is 7.85. The Kier molecular flexibility index (Phi) is 5.12. The largest absolute Gasteiger partial charge is 0.484 e. The Labute approximate surface area is 167 Å². The molecule has 0 aliphatic heterocycles. The maximum atomic E-state index is 11.9. The lowest BCUT2D eigenvalue weighted by molar-refractivity contribution is -0.123. The van der Waals surface area contributed by atoms with E-state index in [-0.39, 0.29) is 12.5 Å². The van der Waals surface area contributed by atoms with E-state index in [1.807, 2.05) is 48.5 Å². The second-order valence-corrected chi connectivity index (χ2v) is 7.55. The summed E-state index contributed by atoms with van der Waals surface area (Å²) in [6, 6.07) is 15.2. The summed E-state index contributed by atoms with van der Waals surface area (Å²) in [5.74, 6) is 0.485. The van der Waals surface area contributed by atoms with Crippen LogP contribution in [0.3, 0.4) is 0 Å². The number of carbonyl (C=O) groups excluding carboxylic acids is 1. The van der Waals surface area contributed by atoms with E-state index in [1.54, 1.807) is 10.8 Å². The zero-order valence-electron chi connectivity index (χ0n) is 14.0. The summed E-state index contributed by atoms with van der Waals surface area (Å²) in [5.41, 5.74) is 2.00. The number of halogens is 1. The smallest absolute Gasteiger partial charge is 0.258 e. The molecule has 0 saturated heterocycles. The number of ether oxygens (including phenoxy) is 1. The highest BCUT2D eigenvalue weighted by atomic mass is 79.9. The first-order valence-corrected chi connectivity index (χ1v) is 9.69. The van der Waals surface area contributed by atoms with E-state index >= 15 is 0 Å². The van der Waals surface area contributed by atoms with Crippen LogP contribution in [0.4, 0.5) is 0 Å². The van der Waals surface area contributed by atoms with Crippen molar-refractivity contribution in [2.24, 2.45) is 0 Å². The summed E-state index contributed by atoms with van der Waals surface area (Å²) in [4.78, 5) is 12.7. The van der Waals surface area contributed by atoms with Gasteiger partial charge in [-0.2, -0.15) is 9.61 Å². The lowest BCUT2D eigenvalue weighted by Gasteiger charge is -2.08. The number of aromatic nitrogens is 4. The molecule has 0 aliphatic rings. The molecule has 27 heavy (non-hydrogen) atoms. The van der Waals surface area contributed by atoms with Crippen molar-refractivity contribution < 1.29 is 9.53 Å². The lowest BCUT2D eigenvalue weighted by Crippen LogP contribution is -2.28. The van der Waals surface area contributed by atoms with Crippen LogP contribution >= 0.6 is 27.3 Å². The Morgan fingerprint density at radius 3 is 2.67 bits per heavy atom. The van der Waals surface area contributed by atoms with Crippen LogP contribution in [0, 0.1) is 0 Å². The predicted octanol–water partition coefficient (Wildman–Crippen LogP) is 3.31. The van der Waals surface area contributed by atoms with Gasteiger partial charge in [0.15, 0.2) is 6.61 Å². The maximum absolute atomic E-state index is 11.9. The monoisotopic (exact) mass is 443 g/mol. The van der Waals surface area contributed by atoms with Crippen LogP contribution in [0.25, 0.3) is 15.5 Å². The van der Waals surface area contributed by atoms with Crippen molar-refractivity contribution in [3.63, 3.8) is 0 Å². The van der Waals surface area contributed by atoms with Gasteiger partial charge in [-0.3, -0.25) is 4.79 Å². The fraction of sp³-hybridized carbons (Fsp3) is 0.111. The molecule has 0 radical (unpaired) electrons. The van der Waals surface area contributed by atoms with E-state index in [9.17, 15) is 4.79 Å². The number of hydrogen-bond donors (Lipinski definition) is 1. The standard InChI is InChI=1S/C18H14BrN5O2S/c19-14-5-7-15(8-6-14)26-10-16(25)20-9-12-1-3-13(4-2-12)17-23-24-11-21-22-18(24)27-17/h1-8,11H,9-10H2,(H,20,25). The molecule has 2 aromatic carbocycles. The minimum atomic E-state index is -0.171. The molecule has 2 aromatic heterocycles. The third-order valence-electron chi connectivity index (χ3n) is 3.76. The van der Waals surface area contributed by atoms with Gasteiger partial charge in [0.25, 0.3) is 5.91 Å². The van der Waals surface area contributed by atoms with Crippen molar-refractivity contribution in [1.82, 2.24) is 25.1 Å². The number of carbonyl (C=O) groups is 1. The first kappa shape index (κ1) is 17.6. The summed E-state index contributed by atoms with van der Waals surface area (Å²) < 4.78 is 8.07. The number of hydrogen-bond acceptors (Lipinski definition) is 6. The molecule has 4 aromatic rings. The molecule has 136 valence electrons. The third kappa shape index (κ3) is 4.32. The van der Waals surface area contributed by atoms with E-state index in [4.69, 9.17) is 4.74 Å². The topological polar surface area (TPSA) is 81.4 Å². The third-order valence-corrected chi connectivity index (χ3v) is 5.25. The van der Waals surface area contributed by atoms with Gasteiger partial charge in [-0.15, -0.1) is 10.2 Å². The highest BCUT2D eigenvalue weighted by Crippen LogP contribution is 2.24. The fourth-order valence-corrected chi connectivity index (χ4v) is 3.46. The van der Waals surface area contributed by atoms with E-state index in [2.05, 4.69) is 36.5 Å². The van der Waals surface area contributed by atoms with Gasteiger partial charge in [0.2, 0.25) is 4.96 Å². The van der Waals surface area contributed by atoms with Gasteiger partial charge in [0.05, 0.1) is 0 Å². The van der Waals surface area contributed by atoms with Crippen LogP contribution in [0.15, 0.2) is 59.3 Å². The molecule has 0 spiro atoms. The molecule has 1 amide bonds. The highest BCUT2D eigenvalue weighted by molar-refractivity contribution is 9.10. The van der Waals surface area contributed by atoms with Crippen LogP contribution < -0.4 is 10.1 Å². The zero-order valence-corrected chi connectivity index (χ0v) is 16.4. The molecule has 0 fully saturated rings. The second-order valence-electron chi connectivity index (χ2n) is 5.68. The van der Waals surface area contributed by atoms with Crippen molar-refractivity contribution in [3.8, 4) is 16.3 Å². The molecule has 0 aliphatic carbocycles. The minimum Gasteiger partial charge on any atom is -0.484 e. The van der Waals surface area contributed by atoms with Crippen molar-refractivity contribution in [2.45, 2.75) is 6.54 Å². The molecule has 9 heteroatoms. The maximum Gasteiger partial charge on any atom is 0.258 e. The molecule has 0 unspecified atom stereocenters. The number of fused-ring (bicyclic) bond motifs is 1. The summed E-state index contributed by atoms with van der Waals surface area (Å²) >= 11 is 4.83. The summed E-state index contributed by atoms with van der Waals surface area (Å²) in [6.45, 7) is 0.417. The van der Waals surface area contributed by atoms with Crippen LogP contribution in [-0.2, 0) is 11.3 Å². The molecule has 0 bridgehead atoms. The van der Waals surface area contributed by atoms with E-state index in [0.29, 0.717) is 12.3 Å². The van der Waals surface area contributed by atoms with E-state index in [1.165, 1.54) is 11.3 Å².